The largest absolute Gasteiger partial charge is 0.356 e. The molecule has 8 heteroatoms. The molecule has 0 spiro atoms. The fourth-order valence-electron chi connectivity index (χ4n) is 2.91. The van der Waals surface area contributed by atoms with Gasteiger partial charge in [0.2, 0.25) is 15.9 Å². The fraction of sp³-hybridized carbons (Fsp3) is 0.588. The van der Waals surface area contributed by atoms with Gasteiger partial charge in [-0.05, 0) is 37.9 Å². The molecule has 1 fully saturated rings. The quantitative estimate of drug-likeness (QED) is 0.740. The van der Waals surface area contributed by atoms with Crippen LogP contribution in [0.4, 0.5) is 0 Å². The number of rotatable bonds is 7. The summed E-state index contributed by atoms with van der Waals surface area (Å²) < 4.78 is 26.7. The van der Waals surface area contributed by atoms with Gasteiger partial charge in [-0.15, -0.1) is 12.4 Å². The number of nitrogens with zero attached hydrogens (tertiary/aromatic N) is 1. The number of hydrogen-bond acceptors (Lipinski definition) is 4. The Balaban J connectivity index is 0.00000312. The minimum atomic E-state index is -3.40. The van der Waals surface area contributed by atoms with Gasteiger partial charge in [0.05, 0.1) is 4.90 Å². The predicted molar refractivity (Wildman–Crippen MR) is 101 cm³/mol. The van der Waals surface area contributed by atoms with Crippen LogP contribution in [0, 0.1) is 11.8 Å². The van der Waals surface area contributed by atoms with Crippen molar-refractivity contribution in [3.05, 3.63) is 30.3 Å². The zero-order chi connectivity index (χ0) is 17.6. The van der Waals surface area contributed by atoms with Crippen molar-refractivity contribution < 1.29 is 13.2 Å². The van der Waals surface area contributed by atoms with E-state index in [1.807, 2.05) is 20.0 Å². The third kappa shape index (κ3) is 5.95. The summed E-state index contributed by atoms with van der Waals surface area (Å²) in [5.74, 6) is 0.315. The lowest BCUT2D eigenvalue weighted by atomic mass is 9.98. The molecule has 1 aromatic rings. The van der Waals surface area contributed by atoms with Gasteiger partial charge in [0, 0.05) is 32.1 Å². The van der Waals surface area contributed by atoms with Crippen LogP contribution in [0.5, 0.6) is 0 Å². The molecule has 0 bridgehead atoms. The van der Waals surface area contributed by atoms with E-state index >= 15 is 0 Å². The Morgan fingerprint density at radius 2 is 1.84 bits per heavy atom. The Morgan fingerprint density at radius 3 is 2.40 bits per heavy atom. The Hall–Kier alpha value is -1.15. The maximum absolute atomic E-state index is 12.6. The fourth-order valence-corrected chi connectivity index (χ4v) is 4.40. The van der Waals surface area contributed by atoms with Gasteiger partial charge in [-0.3, -0.25) is 4.79 Å². The summed E-state index contributed by atoms with van der Waals surface area (Å²) in [7, 11) is -1.57. The monoisotopic (exact) mass is 389 g/mol. The van der Waals surface area contributed by atoms with E-state index < -0.39 is 10.0 Å². The van der Waals surface area contributed by atoms with Gasteiger partial charge in [-0.1, -0.05) is 25.1 Å². The van der Waals surface area contributed by atoms with Gasteiger partial charge >= 0.3 is 0 Å². The molecular weight excluding hydrogens is 362 g/mol. The molecule has 1 aliphatic rings. The molecule has 1 aromatic carbocycles. The summed E-state index contributed by atoms with van der Waals surface area (Å²) in [6, 6.07) is 8.54. The Labute approximate surface area is 156 Å². The van der Waals surface area contributed by atoms with E-state index in [0.717, 1.165) is 12.8 Å². The number of amides is 1. The van der Waals surface area contributed by atoms with Gasteiger partial charge in [0.1, 0.15) is 0 Å². The summed E-state index contributed by atoms with van der Waals surface area (Å²) in [6.45, 7) is 4.17. The molecule has 2 rings (SSSR count). The second-order valence-corrected chi connectivity index (χ2v) is 8.30. The molecule has 0 aliphatic carbocycles. The molecule has 2 N–H and O–H groups in total. The molecule has 1 aliphatic heterocycles. The number of piperidine rings is 1. The molecule has 1 saturated heterocycles. The highest BCUT2D eigenvalue weighted by atomic mass is 35.5. The number of nitrogens with one attached hydrogen (secondary N) is 2. The summed E-state index contributed by atoms with van der Waals surface area (Å²) in [5, 5.41) is 5.97. The van der Waals surface area contributed by atoms with E-state index in [-0.39, 0.29) is 24.2 Å². The maximum atomic E-state index is 12.6. The van der Waals surface area contributed by atoms with Gasteiger partial charge in [0.25, 0.3) is 0 Å². The molecule has 1 atom stereocenters. The zero-order valence-electron chi connectivity index (χ0n) is 14.8. The van der Waals surface area contributed by atoms with E-state index in [1.165, 1.54) is 0 Å². The van der Waals surface area contributed by atoms with Crippen LogP contribution in [0.1, 0.15) is 19.8 Å². The van der Waals surface area contributed by atoms with Gasteiger partial charge in [0.15, 0.2) is 0 Å². The van der Waals surface area contributed by atoms with Crippen molar-refractivity contribution in [2.75, 3.05) is 33.2 Å². The first-order chi connectivity index (χ1) is 11.4. The van der Waals surface area contributed by atoms with E-state index in [0.29, 0.717) is 37.0 Å². The van der Waals surface area contributed by atoms with Crippen molar-refractivity contribution in [1.29, 1.82) is 0 Å². The number of benzene rings is 1. The summed E-state index contributed by atoms with van der Waals surface area (Å²) in [4.78, 5) is 12.3. The molecule has 1 amide bonds. The molecule has 25 heavy (non-hydrogen) atoms. The second kappa shape index (κ2) is 10.1. The molecule has 1 heterocycles. The molecule has 142 valence electrons. The number of carbonyl (C=O) groups excluding carboxylic acids is 1. The van der Waals surface area contributed by atoms with E-state index in [9.17, 15) is 13.2 Å². The molecule has 1 unspecified atom stereocenters. The van der Waals surface area contributed by atoms with E-state index in [1.54, 1.807) is 28.6 Å². The minimum Gasteiger partial charge on any atom is -0.356 e. The first-order valence-electron chi connectivity index (χ1n) is 8.42. The highest BCUT2D eigenvalue weighted by Crippen LogP contribution is 2.23. The second-order valence-electron chi connectivity index (χ2n) is 6.36. The first kappa shape index (κ1) is 21.9. The van der Waals surface area contributed by atoms with Crippen molar-refractivity contribution in [3.8, 4) is 0 Å². The van der Waals surface area contributed by atoms with E-state index in [4.69, 9.17) is 0 Å². The lowest BCUT2D eigenvalue weighted by Gasteiger charge is -2.31. The summed E-state index contributed by atoms with van der Waals surface area (Å²) >= 11 is 0. The Bertz CT molecular complexity index is 632. The Kier molecular flexibility index (Phi) is 8.85. The SMILES string of the molecule is CNCC(C)C(=O)NCC1CCN(S(=O)(=O)c2ccccc2)CC1.Cl. The maximum Gasteiger partial charge on any atom is 0.243 e. The lowest BCUT2D eigenvalue weighted by molar-refractivity contribution is -0.124. The molecule has 6 nitrogen and oxygen atoms in total. The smallest absolute Gasteiger partial charge is 0.243 e. The van der Waals surface area contributed by atoms with E-state index in [2.05, 4.69) is 10.6 Å². The molecular formula is C17H28ClN3O3S. The zero-order valence-corrected chi connectivity index (χ0v) is 16.4. The van der Waals surface area contributed by atoms with Crippen LogP contribution < -0.4 is 10.6 Å². The van der Waals surface area contributed by atoms with Crippen LogP contribution in [-0.4, -0.2) is 51.9 Å². The van der Waals surface area contributed by atoms with Crippen LogP contribution in [0.15, 0.2) is 35.2 Å². The summed E-state index contributed by atoms with van der Waals surface area (Å²) in [5.41, 5.74) is 0. The van der Waals surface area contributed by atoms with Crippen molar-refractivity contribution in [1.82, 2.24) is 14.9 Å². The van der Waals surface area contributed by atoms with Crippen LogP contribution in [0.3, 0.4) is 0 Å². The van der Waals surface area contributed by atoms with Crippen LogP contribution >= 0.6 is 12.4 Å². The standard InChI is InChI=1S/C17H27N3O3S.ClH/c1-14(12-18-2)17(21)19-13-15-8-10-20(11-9-15)24(22,23)16-6-4-3-5-7-16;/h3-7,14-15,18H,8-13H2,1-2H3,(H,19,21);1H. The normalized spacial score (nSPS) is 17.5. The van der Waals surface area contributed by atoms with Gasteiger partial charge in [-0.2, -0.15) is 4.31 Å². The van der Waals surface area contributed by atoms with Crippen molar-refractivity contribution >= 4 is 28.3 Å². The predicted octanol–water partition coefficient (Wildman–Crippen LogP) is 1.48. The Morgan fingerprint density at radius 1 is 1.24 bits per heavy atom. The topological polar surface area (TPSA) is 78.5 Å². The first-order valence-corrected chi connectivity index (χ1v) is 9.86. The van der Waals surface area contributed by atoms with Crippen LogP contribution in [0.25, 0.3) is 0 Å². The third-order valence-corrected chi connectivity index (χ3v) is 6.39. The van der Waals surface area contributed by atoms with Gasteiger partial charge < -0.3 is 10.6 Å². The lowest BCUT2D eigenvalue weighted by Crippen LogP contribution is -2.42. The highest BCUT2D eigenvalue weighted by Gasteiger charge is 2.29. The average Bonchev–Trinajstić information content (AvgIpc) is 2.61. The average molecular weight is 390 g/mol. The van der Waals surface area contributed by atoms with Crippen molar-refractivity contribution in [2.24, 2.45) is 11.8 Å². The number of hydrogen-bond donors (Lipinski definition) is 2. The number of carbonyl (C=O) groups is 1. The minimum absolute atomic E-state index is 0. The molecule has 0 saturated carbocycles. The highest BCUT2D eigenvalue weighted by molar-refractivity contribution is 7.89. The summed E-state index contributed by atoms with van der Waals surface area (Å²) in [6.07, 6.45) is 1.54. The number of halogens is 1. The third-order valence-electron chi connectivity index (χ3n) is 4.48. The van der Waals surface area contributed by atoms with Gasteiger partial charge in [-0.25, -0.2) is 8.42 Å². The number of sulfonamides is 1. The molecule has 0 aromatic heterocycles. The molecule has 0 radical (unpaired) electrons. The van der Waals surface area contributed by atoms with Crippen LogP contribution in [-0.2, 0) is 14.8 Å². The van der Waals surface area contributed by atoms with Crippen molar-refractivity contribution in [3.63, 3.8) is 0 Å². The van der Waals surface area contributed by atoms with Crippen molar-refractivity contribution in [2.45, 2.75) is 24.7 Å². The van der Waals surface area contributed by atoms with Crippen LogP contribution in [0.2, 0.25) is 0 Å².